The number of pyridine rings is 1. The predicted octanol–water partition coefficient (Wildman–Crippen LogP) is 2.54. The number of rotatable bonds is 8. The van der Waals surface area contributed by atoms with Gasteiger partial charge < -0.3 is 19.5 Å². The Hall–Kier alpha value is -2.93. The smallest absolute Gasteiger partial charge is 0.338 e. The van der Waals surface area contributed by atoms with E-state index in [2.05, 4.69) is 10.3 Å². The van der Waals surface area contributed by atoms with Crippen molar-refractivity contribution >= 4 is 17.6 Å². The van der Waals surface area contributed by atoms with Gasteiger partial charge in [0.2, 0.25) is 5.88 Å². The van der Waals surface area contributed by atoms with Crippen LogP contribution in [0.15, 0.2) is 42.6 Å². The van der Waals surface area contributed by atoms with E-state index in [1.807, 2.05) is 0 Å². The molecule has 0 atom stereocenters. The van der Waals surface area contributed by atoms with Crippen LogP contribution in [-0.2, 0) is 9.47 Å². The Morgan fingerprint density at radius 1 is 1.08 bits per heavy atom. The molecule has 0 fully saturated rings. The van der Waals surface area contributed by atoms with Crippen LogP contribution in [0, 0.1) is 0 Å². The topological polar surface area (TPSA) is 86.8 Å². The molecular formula is C18H20N2O5. The van der Waals surface area contributed by atoms with E-state index in [1.54, 1.807) is 50.4 Å². The van der Waals surface area contributed by atoms with E-state index in [4.69, 9.17) is 14.2 Å². The van der Waals surface area contributed by atoms with Gasteiger partial charge in [-0.3, -0.25) is 4.79 Å². The third kappa shape index (κ3) is 5.58. The van der Waals surface area contributed by atoms with Gasteiger partial charge >= 0.3 is 5.97 Å². The van der Waals surface area contributed by atoms with Gasteiger partial charge in [0, 0.05) is 30.6 Å². The number of carbonyl (C=O) groups is 2. The van der Waals surface area contributed by atoms with E-state index in [-0.39, 0.29) is 5.91 Å². The van der Waals surface area contributed by atoms with Crippen molar-refractivity contribution in [3.63, 3.8) is 0 Å². The van der Waals surface area contributed by atoms with E-state index in [0.717, 1.165) is 0 Å². The minimum atomic E-state index is -0.396. The van der Waals surface area contributed by atoms with Crippen molar-refractivity contribution in [1.29, 1.82) is 0 Å². The van der Waals surface area contributed by atoms with Gasteiger partial charge in [0.25, 0.3) is 5.91 Å². The summed E-state index contributed by atoms with van der Waals surface area (Å²) in [5, 5.41) is 2.75. The molecule has 132 valence electrons. The second-order valence-corrected chi connectivity index (χ2v) is 4.98. The number of esters is 1. The van der Waals surface area contributed by atoms with Gasteiger partial charge in [-0.1, -0.05) is 0 Å². The molecule has 7 nitrogen and oxygen atoms in total. The first-order valence-corrected chi connectivity index (χ1v) is 7.80. The molecule has 25 heavy (non-hydrogen) atoms. The van der Waals surface area contributed by atoms with Crippen LogP contribution < -0.4 is 10.1 Å². The Balaban J connectivity index is 1.99. The molecule has 0 saturated carbocycles. The predicted molar refractivity (Wildman–Crippen MR) is 92.0 cm³/mol. The second kappa shape index (κ2) is 9.39. The number of benzene rings is 1. The summed E-state index contributed by atoms with van der Waals surface area (Å²) >= 11 is 0. The van der Waals surface area contributed by atoms with E-state index < -0.39 is 5.97 Å². The number of ether oxygens (including phenoxy) is 3. The quantitative estimate of drug-likeness (QED) is 0.585. The summed E-state index contributed by atoms with van der Waals surface area (Å²) in [5.41, 5.74) is 1.41. The second-order valence-electron chi connectivity index (χ2n) is 4.98. The van der Waals surface area contributed by atoms with Crippen LogP contribution in [0.25, 0.3) is 0 Å². The van der Waals surface area contributed by atoms with E-state index in [0.29, 0.717) is 42.5 Å². The van der Waals surface area contributed by atoms with Crippen LogP contribution in [0.4, 0.5) is 5.69 Å². The fraction of sp³-hybridized carbons (Fsp3) is 0.278. The summed E-state index contributed by atoms with van der Waals surface area (Å²) in [6.45, 7) is 2.84. The van der Waals surface area contributed by atoms with E-state index >= 15 is 0 Å². The minimum Gasteiger partial charge on any atom is -0.475 e. The normalized spacial score (nSPS) is 10.2. The van der Waals surface area contributed by atoms with Gasteiger partial charge in [0.15, 0.2) is 0 Å². The average molecular weight is 344 g/mol. The highest BCUT2D eigenvalue weighted by atomic mass is 16.5. The molecule has 1 N–H and O–H groups in total. The zero-order chi connectivity index (χ0) is 18.1. The summed E-state index contributed by atoms with van der Waals surface area (Å²) < 4.78 is 15.2. The Morgan fingerprint density at radius 2 is 1.84 bits per heavy atom. The molecule has 0 aliphatic heterocycles. The molecule has 1 heterocycles. The van der Waals surface area contributed by atoms with Gasteiger partial charge in [-0.05, 0) is 37.3 Å². The average Bonchev–Trinajstić information content (AvgIpc) is 2.63. The minimum absolute atomic E-state index is 0.303. The molecule has 0 bridgehead atoms. The Kier molecular flexibility index (Phi) is 6.91. The largest absolute Gasteiger partial charge is 0.475 e. The molecule has 7 heteroatoms. The van der Waals surface area contributed by atoms with Crippen molar-refractivity contribution < 1.29 is 23.8 Å². The molecule has 0 unspecified atom stereocenters. The lowest BCUT2D eigenvalue weighted by atomic mass is 10.2. The Labute approximate surface area is 145 Å². The molecule has 2 aromatic rings. The maximum Gasteiger partial charge on any atom is 0.338 e. The molecule has 0 saturated heterocycles. The van der Waals surface area contributed by atoms with E-state index in [1.165, 1.54) is 6.20 Å². The molecule has 0 spiro atoms. The lowest BCUT2D eigenvalue weighted by molar-refractivity contribution is 0.0526. The molecule has 1 amide bonds. The lowest BCUT2D eigenvalue weighted by Gasteiger charge is -2.08. The van der Waals surface area contributed by atoms with Crippen molar-refractivity contribution in [1.82, 2.24) is 4.98 Å². The number of anilines is 1. The number of methoxy groups -OCH3 is 1. The van der Waals surface area contributed by atoms with Crippen molar-refractivity contribution in [2.24, 2.45) is 0 Å². The Bertz CT molecular complexity index is 716. The summed E-state index contributed by atoms with van der Waals surface area (Å²) in [6.07, 6.45) is 1.50. The van der Waals surface area contributed by atoms with Gasteiger partial charge in [-0.2, -0.15) is 0 Å². The molecule has 1 aromatic carbocycles. The van der Waals surface area contributed by atoms with Gasteiger partial charge in [-0.25, -0.2) is 9.78 Å². The first kappa shape index (κ1) is 18.4. The van der Waals surface area contributed by atoms with Crippen molar-refractivity contribution in [3.05, 3.63) is 53.7 Å². The molecule has 0 aliphatic carbocycles. The van der Waals surface area contributed by atoms with E-state index in [9.17, 15) is 9.59 Å². The molecule has 1 aromatic heterocycles. The summed E-state index contributed by atoms with van der Waals surface area (Å²) in [6, 6.07) is 9.62. The lowest BCUT2D eigenvalue weighted by Crippen LogP contribution is -2.13. The number of nitrogens with one attached hydrogen (secondary N) is 1. The Morgan fingerprint density at radius 3 is 2.52 bits per heavy atom. The number of carbonyl (C=O) groups excluding carboxylic acids is 2. The van der Waals surface area contributed by atoms with Crippen molar-refractivity contribution in [3.8, 4) is 5.88 Å². The molecular weight excluding hydrogens is 324 g/mol. The highest BCUT2D eigenvalue weighted by molar-refractivity contribution is 6.04. The monoisotopic (exact) mass is 344 g/mol. The third-order valence-corrected chi connectivity index (χ3v) is 3.19. The highest BCUT2D eigenvalue weighted by Gasteiger charge is 2.10. The zero-order valence-corrected chi connectivity index (χ0v) is 14.2. The number of aromatic nitrogens is 1. The first-order chi connectivity index (χ1) is 12.1. The van der Waals surface area contributed by atoms with Crippen LogP contribution in [0.2, 0.25) is 0 Å². The number of hydrogen-bond acceptors (Lipinski definition) is 6. The van der Waals surface area contributed by atoms with Crippen molar-refractivity contribution in [2.45, 2.75) is 6.92 Å². The van der Waals surface area contributed by atoms with Crippen LogP contribution >= 0.6 is 0 Å². The number of amides is 1. The highest BCUT2D eigenvalue weighted by Crippen LogP contribution is 2.14. The van der Waals surface area contributed by atoms with Gasteiger partial charge in [0.05, 0.1) is 18.8 Å². The van der Waals surface area contributed by atoms with Gasteiger partial charge in [-0.15, -0.1) is 0 Å². The maximum atomic E-state index is 12.3. The van der Waals surface area contributed by atoms with Crippen LogP contribution in [-0.4, -0.2) is 43.8 Å². The van der Waals surface area contributed by atoms with Gasteiger partial charge in [0.1, 0.15) is 6.61 Å². The summed E-state index contributed by atoms with van der Waals surface area (Å²) in [7, 11) is 1.58. The molecule has 0 aliphatic rings. The van der Waals surface area contributed by atoms with Crippen molar-refractivity contribution in [2.75, 3.05) is 32.2 Å². The first-order valence-electron chi connectivity index (χ1n) is 7.80. The number of hydrogen-bond donors (Lipinski definition) is 1. The third-order valence-electron chi connectivity index (χ3n) is 3.19. The maximum absolute atomic E-state index is 12.3. The standard InChI is InChI=1S/C18H20N2O5/c1-3-24-18(22)13-4-6-15(7-5-13)20-17(21)14-8-9-19-16(12-14)25-11-10-23-2/h4-9,12H,3,10-11H2,1-2H3,(H,20,21). The van der Waals surface area contributed by atoms with Crippen LogP contribution in [0.5, 0.6) is 5.88 Å². The molecule has 2 rings (SSSR count). The zero-order valence-electron chi connectivity index (χ0n) is 14.2. The number of nitrogens with zero attached hydrogens (tertiary/aromatic N) is 1. The van der Waals surface area contributed by atoms with Crippen LogP contribution in [0.1, 0.15) is 27.6 Å². The van der Waals surface area contributed by atoms with Crippen LogP contribution in [0.3, 0.4) is 0 Å². The fourth-order valence-electron chi connectivity index (χ4n) is 1.97. The SMILES string of the molecule is CCOC(=O)c1ccc(NC(=O)c2ccnc(OCCOC)c2)cc1. The fourth-order valence-corrected chi connectivity index (χ4v) is 1.97. The summed E-state index contributed by atoms with van der Waals surface area (Å²) in [4.78, 5) is 28.0. The molecule has 0 radical (unpaired) electrons. The summed E-state index contributed by atoms with van der Waals surface area (Å²) in [5.74, 6) is -0.349.